The van der Waals surface area contributed by atoms with Crippen LogP contribution in [0.1, 0.15) is 38.8 Å². The molecule has 28 heavy (non-hydrogen) atoms. The lowest BCUT2D eigenvalue weighted by molar-refractivity contribution is 0.196. The number of hydrogen-bond donors (Lipinski definition) is 2. The van der Waals surface area contributed by atoms with Gasteiger partial charge in [0.2, 0.25) is 10.0 Å². The average molecular weight is 411 g/mol. The molecule has 0 radical (unpaired) electrons. The number of sulfonamides is 1. The Hall–Kier alpha value is -1.83. The van der Waals surface area contributed by atoms with Gasteiger partial charge in [-0.25, -0.2) is 21.9 Å². The molecule has 2 aromatic carbocycles. The van der Waals surface area contributed by atoms with Crippen LogP contribution in [0, 0.1) is 0 Å². The second-order valence-corrected chi connectivity index (χ2v) is 9.99. The maximum atomic E-state index is 15.0. The van der Waals surface area contributed by atoms with Gasteiger partial charge in [0.05, 0.1) is 5.25 Å². The van der Waals surface area contributed by atoms with Gasteiger partial charge < -0.3 is 5.73 Å². The van der Waals surface area contributed by atoms with Gasteiger partial charge in [-0.05, 0) is 49.9 Å². The third-order valence-electron chi connectivity index (χ3n) is 4.92. The van der Waals surface area contributed by atoms with Crippen LogP contribution in [0.2, 0.25) is 0 Å². The van der Waals surface area contributed by atoms with Crippen molar-refractivity contribution in [3.05, 3.63) is 59.7 Å². The lowest BCUT2D eigenvalue weighted by Crippen LogP contribution is -2.39. The van der Waals surface area contributed by atoms with Gasteiger partial charge in [-0.2, -0.15) is 0 Å². The maximum absolute atomic E-state index is 15.0. The second kappa shape index (κ2) is 8.27. The summed E-state index contributed by atoms with van der Waals surface area (Å²) in [6.07, 6.45) is 0. The van der Waals surface area contributed by atoms with Crippen molar-refractivity contribution in [2.75, 3.05) is 13.1 Å². The van der Waals surface area contributed by atoms with Crippen LogP contribution in [0.3, 0.4) is 0 Å². The first-order valence-corrected chi connectivity index (χ1v) is 10.7. The van der Waals surface area contributed by atoms with Crippen molar-refractivity contribution < 1.29 is 17.2 Å². The monoisotopic (exact) mass is 410 g/mol. The van der Waals surface area contributed by atoms with E-state index >= 15 is 0 Å². The van der Waals surface area contributed by atoms with Crippen LogP contribution in [-0.4, -0.2) is 26.8 Å². The van der Waals surface area contributed by atoms with Crippen LogP contribution in [-0.2, 0) is 21.4 Å². The van der Waals surface area contributed by atoms with Crippen molar-refractivity contribution in [1.29, 1.82) is 0 Å². The van der Waals surface area contributed by atoms with Crippen LogP contribution in [0.4, 0.5) is 8.78 Å². The fraction of sp³-hybridized carbons (Fsp3) is 0.429. The van der Waals surface area contributed by atoms with E-state index in [1.807, 2.05) is 0 Å². The molecule has 0 aliphatic carbocycles. The molecule has 0 fully saturated rings. The van der Waals surface area contributed by atoms with Gasteiger partial charge >= 0.3 is 0 Å². The van der Waals surface area contributed by atoms with Crippen LogP contribution in [0.15, 0.2) is 48.5 Å². The van der Waals surface area contributed by atoms with Crippen molar-refractivity contribution in [3.8, 4) is 11.1 Å². The predicted octanol–water partition coefficient (Wildman–Crippen LogP) is 4.01. The summed E-state index contributed by atoms with van der Waals surface area (Å²) in [7, 11) is -3.54. The summed E-state index contributed by atoms with van der Waals surface area (Å²) >= 11 is 0. The van der Waals surface area contributed by atoms with Gasteiger partial charge in [-0.1, -0.05) is 48.5 Å². The molecule has 2 rings (SSSR count). The topological polar surface area (TPSA) is 72.2 Å². The van der Waals surface area contributed by atoms with E-state index in [0.717, 1.165) is 11.1 Å². The normalized spacial score (nSPS) is 16.6. The van der Waals surface area contributed by atoms with E-state index in [9.17, 15) is 17.2 Å². The van der Waals surface area contributed by atoms with E-state index in [0.29, 0.717) is 11.1 Å². The summed E-state index contributed by atoms with van der Waals surface area (Å²) in [6.45, 7) is 5.42. The molecule has 7 heteroatoms. The lowest BCUT2D eigenvalue weighted by Gasteiger charge is -2.22. The number of benzene rings is 2. The van der Waals surface area contributed by atoms with E-state index in [1.165, 1.54) is 27.7 Å². The third-order valence-corrected chi connectivity index (χ3v) is 6.70. The first-order valence-electron chi connectivity index (χ1n) is 9.17. The summed E-state index contributed by atoms with van der Waals surface area (Å²) in [4.78, 5) is 0. The third kappa shape index (κ3) is 5.16. The van der Waals surface area contributed by atoms with Gasteiger partial charge in [-0.15, -0.1) is 0 Å². The SMILES string of the molecule is CC(C)S(=O)(=O)NC[C@@](C)(F)c1ccc(-c2ccc([C@](C)(F)CN)cc2)cc1. The predicted molar refractivity (Wildman–Crippen MR) is 110 cm³/mol. The molecule has 0 aliphatic heterocycles. The lowest BCUT2D eigenvalue weighted by atomic mass is 9.93. The van der Waals surface area contributed by atoms with E-state index in [4.69, 9.17) is 5.73 Å². The summed E-state index contributed by atoms with van der Waals surface area (Å²) in [5, 5.41) is -0.626. The van der Waals surface area contributed by atoms with Crippen molar-refractivity contribution >= 4 is 10.0 Å². The van der Waals surface area contributed by atoms with E-state index in [-0.39, 0.29) is 13.1 Å². The number of hydrogen-bond acceptors (Lipinski definition) is 3. The van der Waals surface area contributed by atoms with E-state index in [1.54, 1.807) is 48.5 Å². The molecule has 0 spiro atoms. The summed E-state index contributed by atoms with van der Waals surface area (Å²) in [5.41, 5.74) is 4.62. The fourth-order valence-electron chi connectivity index (χ4n) is 2.64. The molecule has 0 aliphatic rings. The van der Waals surface area contributed by atoms with Gasteiger partial charge in [-0.3, -0.25) is 0 Å². The first-order chi connectivity index (χ1) is 12.9. The highest BCUT2D eigenvalue weighted by Gasteiger charge is 2.29. The summed E-state index contributed by atoms with van der Waals surface area (Å²) < 4.78 is 55.3. The number of halogens is 2. The van der Waals surface area contributed by atoms with Gasteiger partial charge in [0.1, 0.15) is 11.3 Å². The molecule has 154 valence electrons. The largest absolute Gasteiger partial charge is 0.327 e. The molecule has 0 aromatic heterocycles. The minimum absolute atomic E-state index is 0.101. The van der Waals surface area contributed by atoms with Gasteiger partial charge in [0.25, 0.3) is 0 Å². The Labute approximate surface area is 166 Å². The molecular weight excluding hydrogens is 382 g/mol. The zero-order valence-electron chi connectivity index (χ0n) is 16.7. The van der Waals surface area contributed by atoms with Crippen LogP contribution in [0.25, 0.3) is 11.1 Å². The van der Waals surface area contributed by atoms with Crippen LogP contribution >= 0.6 is 0 Å². The minimum atomic E-state index is -3.54. The zero-order chi connectivity index (χ0) is 21.2. The Kier molecular flexibility index (Phi) is 6.63. The molecule has 0 bridgehead atoms. The Morgan fingerprint density at radius 2 is 1.29 bits per heavy atom. The highest BCUT2D eigenvalue weighted by molar-refractivity contribution is 7.90. The zero-order valence-corrected chi connectivity index (χ0v) is 17.5. The molecule has 2 aromatic rings. The first kappa shape index (κ1) is 22.5. The smallest absolute Gasteiger partial charge is 0.214 e. The molecule has 2 atom stereocenters. The fourth-order valence-corrected chi connectivity index (χ4v) is 3.45. The summed E-state index contributed by atoms with van der Waals surface area (Å²) in [5.74, 6) is 0. The van der Waals surface area contributed by atoms with Gasteiger partial charge in [0, 0.05) is 13.1 Å². The van der Waals surface area contributed by atoms with Crippen molar-refractivity contribution in [3.63, 3.8) is 0 Å². The molecular formula is C21H28F2N2O2S. The summed E-state index contributed by atoms with van der Waals surface area (Å²) in [6, 6.07) is 13.8. The van der Waals surface area contributed by atoms with E-state index in [2.05, 4.69) is 4.72 Å². The van der Waals surface area contributed by atoms with Crippen molar-refractivity contribution in [2.45, 2.75) is 44.3 Å². The molecule has 0 saturated heterocycles. The highest BCUT2D eigenvalue weighted by Crippen LogP contribution is 2.30. The molecule has 3 N–H and O–H groups in total. The standard InChI is InChI=1S/C21H28F2N2O2S/c1-15(2)28(26,27)25-14-21(4,23)19-11-7-17(8-12-19)16-5-9-18(10-6-16)20(3,22)13-24/h5-12,15,25H,13-14,24H2,1-4H3/t20-,21-/m1/s1. The molecule has 0 unspecified atom stereocenters. The Morgan fingerprint density at radius 1 is 0.893 bits per heavy atom. The number of alkyl halides is 2. The minimum Gasteiger partial charge on any atom is -0.327 e. The molecule has 0 saturated carbocycles. The molecule has 4 nitrogen and oxygen atoms in total. The average Bonchev–Trinajstić information content (AvgIpc) is 2.67. The maximum Gasteiger partial charge on any atom is 0.214 e. The highest BCUT2D eigenvalue weighted by atomic mass is 32.2. The Morgan fingerprint density at radius 3 is 1.64 bits per heavy atom. The quantitative estimate of drug-likeness (QED) is 0.691. The van der Waals surface area contributed by atoms with Crippen LogP contribution in [0.5, 0.6) is 0 Å². The number of nitrogens with two attached hydrogens (primary N) is 1. The molecule has 0 amide bonds. The number of nitrogens with one attached hydrogen (secondary N) is 1. The van der Waals surface area contributed by atoms with Gasteiger partial charge in [0.15, 0.2) is 0 Å². The Balaban J connectivity index is 2.16. The Bertz CT molecular complexity index is 891. The van der Waals surface area contributed by atoms with Crippen LogP contribution < -0.4 is 10.5 Å². The van der Waals surface area contributed by atoms with E-state index < -0.39 is 26.6 Å². The number of rotatable bonds is 8. The molecule has 0 heterocycles. The van der Waals surface area contributed by atoms with Crippen molar-refractivity contribution in [2.24, 2.45) is 5.73 Å². The van der Waals surface area contributed by atoms with Crippen molar-refractivity contribution in [1.82, 2.24) is 4.72 Å². The second-order valence-electron chi connectivity index (χ2n) is 7.67.